The lowest BCUT2D eigenvalue weighted by molar-refractivity contribution is 0.272. The van der Waals surface area contributed by atoms with Crippen molar-refractivity contribution < 1.29 is 0 Å². The van der Waals surface area contributed by atoms with Crippen LogP contribution in [0.15, 0.2) is 24.5 Å². The zero-order chi connectivity index (χ0) is 9.80. The normalized spacial score (nSPS) is 22.8. The molecule has 0 saturated carbocycles. The van der Waals surface area contributed by atoms with Crippen LogP contribution < -0.4 is 0 Å². The Morgan fingerprint density at radius 1 is 1.43 bits per heavy atom. The largest absolute Gasteiger partial charge is 0.300 e. The van der Waals surface area contributed by atoms with E-state index in [0.717, 1.165) is 12.5 Å². The SMILES string of the molecule is C[C@H]1CCCN1CCc1ccncc1. The summed E-state index contributed by atoms with van der Waals surface area (Å²) in [7, 11) is 0. The molecule has 1 aromatic heterocycles. The molecule has 0 radical (unpaired) electrons. The summed E-state index contributed by atoms with van der Waals surface area (Å²) in [6.45, 7) is 4.82. The molecule has 0 bridgehead atoms. The van der Waals surface area contributed by atoms with E-state index >= 15 is 0 Å². The molecule has 2 heteroatoms. The Kier molecular flexibility index (Phi) is 3.14. The highest BCUT2D eigenvalue weighted by Gasteiger charge is 2.19. The van der Waals surface area contributed by atoms with Crippen molar-refractivity contribution in [1.82, 2.24) is 9.88 Å². The van der Waals surface area contributed by atoms with E-state index < -0.39 is 0 Å². The molecule has 2 heterocycles. The zero-order valence-electron chi connectivity index (χ0n) is 8.82. The third kappa shape index (κ3) is 2.32. The average molecular weight is 190 g/mol. The second kappa shape index (κ2) is 4.56. The quantitative estimate of drug-likeness (QED) is 0.725. The van der Waals surface area contributed by atoms with Crippen molar-refractivity contribution in [2.75, 3.05) is 13.1 Å². The second-order valence-electron chi connectivity index (χ2n) is 4.13. The Labute approximate surface area is 86.0 Å². The first-order valence-electron chi connectivity index (χ1n) is 5.49. The molecule has 0 unspecified atom stereocenters. The summed E-state index contributed by atoms with van der Waals surface area (Å²) in [6, 6.07) is 5.01. The van der Waals surface area contributed by atoms with Crippen molar-refractivity contribution in [2.24, 2.45) is 0 Å². The number of likely N-dealkylation sites (tertiary alicyclic amines) is 1. The smallest absolute Gasteiger partial charge is 0.0270 e. The molecule has 2 nitrogen and oxygen atoms in total. The summed E-state index contributed by atoms with van der Waals surface area (Å²) in [4.78, 5) is 6.61. The number of rotatable bonds is 3. The van der Waals surface area contributed by atoms with Gasteiger partial charge in [-0.1, -0.05) is 0 Å². The van der Waals surface area contributed by atoms with E-state index in [4.69, 9.17) is 0 Å². The minimum absolute atomic E-state index is 0.789. The van der Waals surface area contributed by atoms with Crippen molar-refractivity contribution in [3.63, 3.8) is 0 Å². The van der Waals surface area contributed by atoms with Gasteiger partial charge in [0.25, 0.3) is 0 Å². The van der Waals surface area contributed by atoms with Gasteiger partial charge >= 0.3 is 0 Å². The van der Waals surface area contributed by atoms with Crippen LogP contribution in [0, 0.1) is 0 Å². The molecule has 0 N–H and O–H groups in total. The molecule has 0 aromatic carbocycles. The highest BCUT2D eigenvalue weighted by atomic mass is 15.2. The standard InChI is InChI=1S/C12H18N2/c1-11-3-2-9-14(11)10-6-12-4-7-13-8-5-12/h4-5,7-8,11H,2-3,6,9-10H2,1H3/t11-/m0/s1. The molecule has 2 rings (SSSR count). The van der Waals surface area contributed by atoms with E-state index in [1.807, 2.05) is 12.4 Å². The van der Waals surface area contributed by atoms with Gasteiger partial charge < -0.3 is 4.90 Å². The fourth-order valence-corrected chi connectivity index (χ4v) is 2.15. The fraction of sp³-hybridized carbons (Fsp3) is 0.583. The number of hydrogen-bond acceptors (Lipinski definition) is 2. The third-order valence-electron chi connectivity index (χ3n) is 3.13. The lowest BCUT2D eigenvalue weighted by Gasteiger charge is -2.20. The Bertz CT molecular complexity index is 271. The lowest BCUT2D eigenvalue weighted by atomic mass is 10.2. The molecule has 1 atom stereocenters. The van der Waals surface area contributed by atoms with Gasteiger partial charge in [0.15, 0.2) is 0 Å². The van der Waals surface area contributed by atoms with Crippen LogP contribution in [-0.2, 0) is 6.42 Å². The summed E-state index contributed by atoms with van der Waals surface area (Å²) in [6.07, 6.45) is 7.66. The molecular weight excluding hydrogens is 172 g/mol. The number of hydrogen-bond donors (Lipinski definition) is 0. The number of aromatic nitrogens is 1. The molecule has 1 aromatic rings. The van der Waals surface area contributed by atoms with Gasteiger partial charge in [-0.05, 0) is 50.4 Å². The van der Waals surface area contributed by atoms with Crippen molar-refractivity contribution in [3.8, 4) is 0 Å². The van der Waals surface area contributed by atoms with E-state index in [0.29, 0.717) is 0 Å². The van der Waals surface area contributed by atoms with Crippen LogP contribution in [0.1, 0.15) is 25.3 Å². The highest BCUT2D eigenvalue weighted by molar-refractivity contribution is 5.10. The second-order valence-corrected chi connectivity index (χ2v) is 4.13. The topological polar surface area (TPSA) is 16.1 Å². The average Bonchev–Trinajstić information content (AvgIpc) is 2.63. The molecule has 1 saturated heterocycles. The Morgan fingerprint density at radius 2 is 2.21 bits per heavy atom. The minimum Gasteiger partial charge on any atom is -0.300 e. The maximum absolute atomic E-state index is 4.03. The van der Waals surface area contributed by atoms with Crippen molar-refractivity contribution >= 4 is 0 Å². The molecule has 1 fully saturated rings. The Hall–Kier alpha value is -0.890. The van der Waals surface area contributed by atoms with Crippen molar-refractivity contribution in [2.45, 2.75) is 32.2 Å². The summed E-state index contributed by atoms with van der Waals surface area (Å²) >= 11 is 0. The van der Waals surface area contributed by atoms with E-state index in [1.54, 1.807) is 0 Å². The monoisotopic (exact) mass is 190 g/mol. The summed E-state index contributed by atoms with van der Waals surface area (Å²) in [5.41, 5.74) is 1.40. The summed E-state index contributed by atoms with van der Waals surface area (Å²) in [5, 5.41) is 0. The van der Waals surface area contributed by atoms with Gasteiger partial charge in [0.05, 0.1) is 0 Å². The third-order valence-corrected chi connectivity index (χ3v) is 3.13. The van der Waals surface area contributed by atoms with Gasteiger partial charge in [-0.25, -0.2) is 0 Å². The summed E-state index contributed by atoms with van der Waals surface area (Å²) < 4.78 is 0. The van der Waals surface area contributed by atoms with Crippen molar-refractivity contribution in [1.29, 1.82) is 0 Å². The number of pyridine rings is 1. The zero-order valence-corrected chi connectivity index (χ0v) is 8.82. The predicted octanol–water partition coefficient (Wildman–Crippen LogP) is 2.11. The molecule has 1 aliphatic rings. The van der Waals surface area contributed by atoms with Crippen LogP contribution in [0.3, 0.4) is 0 Å². The van der Waals surface area contributed by atoms with Gasteiger partial charge in [-0.15, -0.1) is 0 Å². The van der Waals surface area contributed by atoms with Gasteiger partial charge in [0, 0.05) is 25.0 Å². The maximum Gasteiger partial charge on any atom is 0.0270 e. The Balaban J connectivity index is 1.82. The first-order chi connectivity index (χ1) is 6.86. The van der Waals surface area contributed by atoms with Crippen LogP contribution in [0.25, 0.3) is 0 Å². The molecule has 1 aliphatic heterocycles. The van der Waals surface area contributed by atoms with E-state index in [2.05, 4.69) is 28.9 Å². The number of nitrogens with zero attached hydrogens (tertiary/aromatic N) is 2. The molecular formula is C12H18N2. The molecule has 0 spiro atoms. The first-order valence-corrected chi connectivity index (χ1v) is 5.49. The summed E-state index contributed by atoms with van der Waals surface area (Å²) in [5.74, 6) is 0. The molecule has 14 heavy (non-hydrogen) atoms. The van der Waals surface area contributed by atoms with Crippen LogP contribution in [0.2, 0.25) is 0 Å². The van der Waals surface area contributed by atoms with E-state index in [9.17, 15) is 0 Å². The molecule has 0 aliphatic carbocycles. The van der Waals surface area contributed by atoms with E-state index in [1.165, 1.54) is 31.5 Å². The van der Waals surface area contributed by atoms with E-state index in [-0.39, 0.29) is 0 Å². The van der Waals surface area contributed by atoms with Crippen molar-refractivity contribution in [3.05, 3.63) is 30.1 Å². The first kappa shape index (κ1) is 9.66. The predicted molar refractivity (Wildman–Crippen MR) is 58.2 cm³/mol. The van der Waals surface area contributed by atoms with Crippen LogP contribution >= 0.6 is 0 Å². The van der Waals surface area contributed by atoms with Gasteiger partial charge in [0.2, 0.25) is 0 Å². The van der Waals surface area contributed by atoms with Gasteiger partial charge in [-0.2, -0.15) is 0 Å². The lowest BCUT2D eigenvalue weighted by Crippen LogP contribution is -2.28. The van der Waals surface area contributed by atoms with Crippen LogP contribution in [-0.4, -0.2) is 29.0 Å². The minimum atomic E-state index is 0.789. The Morgan fingerprint density at radius 3 is 2.86 bits per heavy atom. The molecule has 76 valence electrons. The fourth-order valence-electron chi connectivity index (χ4n) is 2.15. The van der Waals surface area contributed by atoms with Gasteiger partial charge in [0.1, 0.15) is 0 Å². The van der Waals surface area contributed by atoms with Gasteiger partial charge in [-0.3, -0.25) is 4.98 Å². The van der Waals surface area contributed by atoms with Crippen LogP contribution in [0.4, 0.5) is 0 Å². The maximum atomic E-state index is 4.03. The highest BCUT2D eigenvalue weighted by Crippen LogP contribution is 2.16. The molecule has 0 amide bonds. The van der Waals surface area contributed by atoms with Crippen LogP contribution in [0.5, 0.6) is 0 Å².